The molecule has 0 saturated carbocycles. The summed E-state index contributed by atoms with van der Waals surface area (Å²) < 4.78 is 325. The second kappa shape index (κ2) is 15.4. The predicted molar refractivity (Wildman–Crippen MR) is 176 cm³/mol. The molecule has 0 spiro atoms. The first kappa shape index (κ1) is 49.7. The highest BCUT2D eigenvalue weighted by molar-refractivity contribution is 7.91. The van der Waals surface area contributed by atoms with Crippen LogP contribution in [0.2, 0.25) is 0 Å². The number of halogens is 18. The highest BCUT2D eigenvalue weighted by Crippen LogP contribution is 2.63. The molecular weight excluding hydrogens is 938 g/mol. The molecule has 4 aromatic rings. The van der Waals surface area contributed by atoms with Crippen LogP contribution in [0, 0.1) is 6.92 Å². The molecule has 0 heterocycles. The molecular formula is C35H22F18O7S2. The zero-order valence-electron chi connectivity index (χ0n) is 30.2. The Morgan fingerprint density at radius 1 is 0.484 bits per heavy atom. The van der Waals surface area contributed by atoms with Gasteiger partial charge in [-0.3, -0.25) is 4.55 Å². The van der Waals surface area contributed by atoms with Gasteiger partial charge in [0.25, 0.3) is 0 Å². The molecule has 0 fully saturated rings. The number of hydrogen-bond donors (Lipinski definition) is 1. The van der Waals surface area contributed by atoms with Crippen LogP contribution < -0.4 is 9.47 Å². The fourth-order valence-corrected chi connectivity index (χ4v) is 7.51. The second-order valence-corrected chi connectivity index (χ2v) is 16.3. The summed E-state index contributed by atoms with van der Waals surface area (Å²) in [7, 11) is -12.0. The van der Waals surface area contributed by atoms with Crippen molar-refractivity contribution in [1.29, 1.82) is 0 Å². The predicted octanol–water partition coefficient (Wildman–Crippen LogP) is 11.2. The molecule has 0 saturated heterocycles. The van der Waals surface area contributed by atoms with Gasteiger partial charge >= 0.3 is 57.3 Å². The third-order valence-corrected chi connectivity index (χ3v) is 11.8. The van der Waals surface area contributed by atoms with Gasteiger partial charge in [0.15, 0.2) is 0 Å². The molecule has 27 heteroatoms. The maximum atomic E-state index is 15.2. The minimum absolute atomic E-state index is 0.0668. The van der Waals surface area contributed by atoms with Crippen molar-refractivity contribution in [2.45, 2.75) is 69.3 Å². The molecule has 0 atom stereocenters. The Kier molecular flexibility index (Phi) is 12.4. The molecule has 4 aromatic carbocycles. The van der Waals surface area contributed by atoms with Gasteiger partial charge in [-0.25, -0.2) is 8.42 Å². The Morgan fingerprint density at radius 2 is 0.855 bits per heavy atom. The van der Waals surface area contributed by atoms with E-state index in [1.165, 1.54) is 0 Å². The molecule has 1 N–H and O–H groups in total. The van der Waals surface area contributed by atoms with Gasteiger partial charge in [0, 0.05) is 5.56 Å². The monoisotopic (exact) mass is 960 g/mol. The van der Waals surface area contributed by atoms with Crippen LogP contribution in [-0.2, 0) is 31.3 Å². The van der Waals surface area contributed by atoms with E-state index in [0.29, 0.717) is 61.5 Å². The summed E-state index contributed by atoms with van der Waals surface area (Å²) in [4.78, 5) is -2.49. The van der Waals surface area contributed by atoms with E-state index in [0.717, 1.165) is 31.4 Å². The zero-order chi connectivity index (χ0) is 47.7. The van der Waals surface area contributed by atoms with E-state index in [9.17, 15) is 87.1 Å². The van der Waals surface area contributed by atoms with Gasteiger partial charge in [-0.15, -0.1) is 0 Å². The maximum absolute atomic E-state index is 15.2. The molecule has 4 rings (SSSR count). The van der Waals surface area contributed by atoms with E-state index in [1.54, 1.807) is 0 Å². The molecule has 62 heavy (non-hydrogen) atoms. The Bertz CT molecular complexity index is 2490. The first-order valence-electron chi connectivity index (χ1n) is 16.1. The topological polar surface area (TPSA) is 107 Å². The van der Waals surface area contributed by atoms with Gasteiger partial charge in [-0.1, -0.05) is 30.3 Å². The lowest BCUT2D eigenvalue weighted by atomic mass is 9.73. The van der Waals surface area contributed by atoms with E-state index in [-0.39, 0.29) is 11.8 Å². The summed E-state index contributed by atoms with van der Waals surface area (Å²) in [6.07, 6.45) is -12.0. The first-order chi connectivity index (χ1) is 27.8. The van der Waals surface area contributed by atoms with Crippen molar-refractivity contribution >= 4 is 20.0 Å². The molecule has 0 aliphatic heterocycles. The van der Waals surface area contributed by atoms with Crippen molar-refractivity contribution in [3.05, 3.63) is 113 Å². The third kappa shape index (κ3) is 7.55. The van der Waals surface area contributed by atoms with Crippen molar-refractivity contribution in [3.8, 4) is 17.2 Å². The second-order valence-electron chi connectivity index (χ2n) is 12.9. The summed E-state index contributed by atoms with van der Waals surface area (Å²) in [6.45, 7) is 0.372. The highest BCUT2D eigenvalue weighted by atomic mass is 32.2. The Balaban J connectivity index is 1.68. The van der Waals surface area contributed by atoms with Crippen LogP contribution in [0.15, 0.2) is 101 Å². The van der Waals surface area contributed by atoms with Crippen LogP contribution in [0.4, 0.5) is 79.0 Å². The van der Waals surface area contributed by atoms with Gasteiger partial charge < -0.3 is 9.47 Å². The van der Waals surface area contributed by atoms with Crippen LogP contribution in [-0.4, -0.2) is 69.8 Å². The zero-order valence-corrected chi connectivity index (χ0v) is 31.8. The molecule has 0 aliphatic carbocycles. The standard InChI is InChI=1S/C35H22F18O7S2/c1-18-3-14-25(17-26(18)28(36,37)29(38,39)30(40,41)31(42,43)32(44,45)35(52,53)62(56,57)58)61(54,55)24-15-12-23(13-16-24)60-22-10-6-20(7-11-22)27(33(46,47)48,34(49,50)51)19-4-8-21(59-2)9-5-19/h3-17H,1-2H3,(H,56,57,58). The van der Waals surface area contributed by atoms with Crippen LogP contribution >= 0.6 is 0 Å². The highest BCUT2D eigenvalue weighted by Gasteiger charge is 2.92. The molecule has 342 valence electrons. The average molecular weight is 961 g/mol. The Labute approximate surface area is 336 Å². The number of aryl methyl sites for hydroxylation is 1. The van der Waals surface area contributed by atoms with Gasteiger partial charge in [0.2, 0.25) is 15.3 Å². The number of rotatable bonds is 14. The SMILES string of the molecule is COc1ccc(C(c2ccc(Oc3ccc(S(=O)(=O)c4ccc(C)c(C(F)(F)C(F)(F)C(F)(F)C(F)(F)C(F)(F)C(F)(F)S(=O)(=O)O)c4)cc3)cc2)(C(F)(F)F)C(F)(F)F)cc1. The van der Waals surface area contributed by atoms with Gasteiger partial charge in [0.05, 0.1) is 16.9 Å². The van der Waals surface area contributed by atoms with Gasteiger partial charge in [-0.05, 0) is 84.3 Å². The molecule has 0 radical (unpaired) electrons. The molecule has 0 amide bonds. The van der Waals surface area contributed by atoms with Crippen molar-refractivity contribution in [2.24, 2.45) is 0 Å². The number of ether oxygens (including phenoxy) is 2. The summed E-state index contributed by atoms with van der Waals surface area (Å²) in [6, 6.07) is 7.74. The van der Waals surface area contributed by atoms with Gasteiger partial charge in [0.1, 0.15) is 17.2 Å². The van der Waals surface area contributed by atoms with Crippen LogP contribution in [0.25, 0.3) is 0 Å². The maximum Gasteiger partial charge on any atom is 0.438 e. The summed E-state index contributed by atoms with van der Waals surface area (Å²) in [5.41, 5.74) is -11.1. The van der Waals surface area contributed by atoms with E-state index in [4.69, 9.17) is 14.0 Å². The van der Waals surface area contributed by atoms with E-state index in [2.05, 4.69) is 0 Å². The Morgan fingerprint density at radius 3 is 1.24 bits per heavy atom. The number of sulfone groups is 1. The summed E-state index contributed by atoms with van der Waals surface area (Å²) >= 11 is 0. The largest absolute Gasteiger partial charge is 0.497 e. The molecule has 0 bridgehead atoms. The molecule has 7 nitrogen and oxygen atoms in total. The number of alkyl halides is 18. The average Bonchev–Trinajstić information content (AvgIpc) is 3.14. The fourth-order valence-electron chi connectivity index (χ4n) is 5.77. The lowest BCUT2D eigenvalue weighted by molar-refractivity contribution is -0.419. The van der Waals surface area contributed by atoms with Crippen LogP contribution in [0.1, 0.15) is 22.3 Å². The third-order valence-electron chi connectivity index (χ3n) is 9.15. The van der Waals surface area contributed by atoms with Crippen molar-refractivity contribution in [1.82, 2.24) is 0 Å². The number of methoxy groups -OCH3 is 1. The quantitative estimate of drug-likeness (QED) is 0.0991. The van der Waals surface area contributed by atoms with Crippen molar-refractivity contribution < 1.29 is 110 Å². The fraction of sp³-hybridized carbons (Fsp3) is 0.314. The lowest BCUT2D eigenvalue weighted by Crippen LogP contribution is -2.71. The normalized spacial score (nSPS) is 14.5. The lowest BCUT2D eigenvalue weighted by Gasteiger charge is -2.40. The Hall–Kier alpha value is -4.92. The number of hydrogen-bond acceptors (Lipinski definition) is 6. The first-order valence-corrected chi connectivity index (χ1v) is 19.0. The number of benzene rings is 4. The van der Waals surface area contributed by atoms with Gasteiger partial charge in [-0.2, -0.15) is 87.4 Å². The molecule has 0 unspecified atom stereocenters. The minimum Gasteiger partial charge on any atom is -0.497 e. The summed E-state index contributed by atoms with van der Waals surface area (Å²) in [5.74, 6) is -40.6. The molecule has 0 aromatic heterocycles. The smallest absolute Gasteiger partial charge is 0.438 e. The van der Waals surface area contributed by atoms with E-state index < -0.39 is 122 Å². The van der Waals surface area contributed by atoms with Crippen molar-refractivity contribution in [2.75, 3.05) is 7.11 Å². The van der Waals surface area contributed by atoms with Crippen molar-refractivity contribution in [3.63, 3.8) is 0 Å². The summed E-state index contributed by atoms with van der Waals surface area (Å²) in [5, 5.41) is -7.67. The minimum atomic E-state index is -8.40. The van der Waals surface area contributed by atoms with E-state index >= 15 is 8.78 Å². The van der Waals surface area contributed by atoms with E-state index in [1.807, 2.05) is 0 Å². The van der Waals surface area contributed by atoms with Crippen LogP contribution in [0.3, 0.4) is 0 Å². The molecule has 0 aliphatic rings. The van der Waals surface area contributed by atoms with Crippen LogP contribution in [0.5, 0.6) is 17.2 Å².